The Bertz CT molecular complexity index is 428. The van der Waals surface area contributed by atoms with Crippen LogP contribution in [0.15, 0.2) is 12.2 Å². The number of allylic oxidation sites excluding steroid dienone is 1. The molecule has 5 atom stereocenters. The molecule has 3 rings (SSSR count). The molecule has 0 heterocycles. The van der Waals surface area contributed by atoms with Crippen molar-refractivity contribution in [3.05, 3.63) is 12.2 Å². The SMILES string of the molecule is C=C1CCC2[C@](CC)(CCC3[C@](C)(CO)CCC[C@]32C)C1. The highest BCUT2D eigenvalue weighted by atomic mass is 16.3. The molecule has 3 saturated carbocycles. The van der Waals surface area contributed by atoms with Gasteiger partial charge in [-0.15, -0.1) is 0 Å². The lowest BCUT2D eigenvalue weighted by atomic mass is 9.40. The van der Waals surface area contributed by atoms with Crippen molar-refractivity contribution in [3.8, 4) is 0 Å². The third-order valence-corrected chi connectivity index (χ3v) is 8.02. The molecule has 0 aromatic carbocycles. The van der Waals surface area contributed by atoms with E-state index < -0.39 is 0 Å². The molecule has 120 valence electrons. The van der Waals surface area contributed by atoms with Crippen molar-refractivity contribution < 1.29 is 5.11 Å². The molecule has 3 aliphatic carbocycles. The highest BCUT2D eigenvalue weighted by Crippen LogP contribution is 2.68. The number of aliphatic hydroxyl groups excluding tert-OH is 1. The first kappa shape index (κ1) is 15.6. The smallest absolute Gasteiger partial charge is 0.0487 e. The minimum Gasteiger partial charge on any atom is -0.396 e. The molecule has 0 aromatic rings. The Balaban J connectivity index is 1.99. The molecule has 0 aliphatic heterocycles. The van der Waals surface area contributed by atoms with Crippen molar-refractivity contribution in [2.45, 2.75) is 78.6 Å². The van der Waals surface area contributed by atoms with Crippen LogP contribution in [0.1, 0.15) is 78.6 Å². The van der Waals surface area contributed by atoms with Crippen LogP contribution in [-0.4, -0.2) is 11.7 Å². The lowest BCUT2D eigenvalue weighted by Gasteiger charge is -2.65. The van der Waals surface area contributed by atoms with Crippen molar-refractivity contribution in [1.82, 2.24) is 0 Å². The van der Waals surface area contributed by atoms with Crippen LogP contribution >= 0.6 is 0 Å². The van der Waals surface area contributed by atoms with Crippen LogP contribution < -0.4 is 0 Å². The van der Waals surface area contributed by atoms with Crippen LogP contribution in [0.4, 0.5) is 0 Å². The minimum atomic E-state index is 0.168. The van der Waals surface area contributed by atoms with Crippen LogP contribution in [0, 0.1) is 28.1 Å². The molecule has 1 N–H and O–H groups in total. The van der Waals surface area contributed by atoms with E-state index >= 15 is 0 Å². The largest absolute Gasteiger partial charge is 0.396 e. The summed E-state index contributed by atoms with van der Waals surface area (Å²) in [6.07, 6.45) is 11.8. The molecule has 0 bridgehead atoms. The van der Waals surface area contributed by atoms with Crippen molar-refractivity contribution in [3.63, 3.8) is 0 Å². The molecule has 1 heteroatoms. The average Bonchev–Trinajstić information content (AvgIpc) is 2.46. The van der Waals surface area contributed by atoms with E-state index in [0.717, 1.165) is 11.8 Å². The van der Waals surface area contributed by atoms with Gasteiger partial charge in [-0.25, -0.2) is 0 Å². The molecule has 2 unspecified atom stereocenters. The van der Waals surface area contributed by atoms with E-state index in [1.54, 1.807) is 0 Å². The summed E-state index contributed by atoms with van der Waals surface area (Å²) < 4.78 is 0. The van der Waals surface area contributed by atoms with Gasteiger partial charge in [0.15, 0.2) is 0 Å². The molecule has 0 spiro atoms. The van der Waals surface area contributed by atoms with E-state index in [2.05, 4.69) is 27.4 Å². The van der Waals surface area contributed by atoms with Crippen molar-refractivity contribution in [2.75, 3.05) is 6.61 Å². The quantitative estimate of drug-likeness (QED) is 0.681. The average molecular weight is 290 g/mol. The van der Waals surface area contributed by atoms with Gasteiger partial charge in [-0.05, 0) is 79.4 Å². The molecule has 3 aliphatic rings. The standard InChI is InChI=1S/C20H34O/c1-5-20-12-9-16-18(3,14-21)10-6-11-19(16,4)17(20)8-7-15(2)13-20/h16-17,21H,2,5-14H2,1,3-4H3/t16?,17?,18-,19+,20+/m0/s1. The maximum absolute atomic E-state index is 10.0. The van der Waals surface area contributed by atoms with Crippen LogP contribution in [0.5, 0.6) is 0 Å². The summed E-state index contributed by atoms with van der Waals surface area (Å²) in [6, 6.07) is 0. The number of hydrogen-bond donors (Lipinski definition) is 1. The Labute approximate surface area is 131 Å². The van der Waals surface area contributed by atoms with Crippen LogP contribution in [0.3, 0.4) is 0 Å². The lowest BCUT2D eigenvalue weighted by molar-refractivity contribution is -0.159. The second kappa shape index (κ2) is 5.11. The predicted octanol–water partition coefficient (Wildman–Crippen LogP) is 5.34. The Morgan fingerprint density at radius 2 is 1.90 bits per heavy atom. The van der Waals surface area contributed by atoms with Gasteiger partial charge in [0, 0.05) is 6.61 Å². The zero-order valence-electron chi connectivity index (χ0n) is 14.4. The van der Waals surface area contributed by atoms with Gasteiger partial charge in [-0.2, -0.15) is 0 Å². The zero-order chi connectivity index (χ0) is 15.3. The van der Waals surface area contributed by atoms with Crippen LogP contribution in [-0.2, 0) is 0 Å². The summed E-state index contributed by atoms with van der Waals surface area (Å²) >= 11 is 0. The van der Waals surface area contributed by atoms with Crippen LogP contribution in [0.2, 0.25) is 0 Å². The Kier molecular flexibility index (Phi) is 3.80. The van der Waals surface area contributed by atoms with Crippen LogP contribution in [0.25, 0.3) is 0 Å². The Morgan fingerprint density at radius 1 is 1.14 bits per heavy atom. The minimum absolute atomic E-state index is 0.168. The third-order valence-electron chi connectivity index (χ3n) is 8.02. The lowest BCUT2D eigenvalue weighted by Crippen LogP contribution is -2.57. The van der Waals surface area contributed by atoms with E-state index in [1.165, 1.54) is 63.4 Å². The van der Waals surface area contributed by atoms with E-state index in [-0.39, 0.29) is 5.41 Å². The summed E-state index contributed by atoms with van der Waals surface area (Å²) in [5.74, 6) is 1.57. The van der Waals surface area contributed by atoms with Gasteiger partial charge in [-0.3, -0.25) is 0 Å². The fraction of sp³-hybridized carbons (Fsp3) is 0.900. The molecule has 0 saturated heterocycles. The topological polar surface area (TPSA) is 20.2 Å². The number of hydrogen-bond acceptors (Lipinski definition) is 1. The highest BCUT2D eigenvalue weighted by Gasteiger charge is 2.60. The van der Waals surface area contributed by atoms with E-state index in [1.807, 2.05) is 0 Å². The first-order valence-electron chi connectivity index (χ1n) is 9.18. The van der Waals surface area contributed by atoms with Gasteiger partial charge in [0.25, 0.3) is 0 Å². The fourth-order valence-electron chi connectivity index (χ4n) is 6.94. The van der Waals surface area contributed by atoms with Crippen molar-refractivity contribution >= 4 is 0 Å². The highest BCUT2D eigenvalue weighted by molar-refractivity contribution is 5.15. The second-order valence-electron chi connectivity index (χ2n) is 9.00. The van der Waals surface area contributed by atoms with Gasteiger partial charge >= 0.3 is 0 Å². The van der Waals surface area contributed by atoms with E-state index in [9.17, 15) is 5.11 Å². The zero-order valence-corrected chi connectivity index (χ0v) is 14.4. The summed E-state index contributed by atoms with van der Waals surface area (Å²) in [5, 5.41) is 10.0. The number of rotatable bonds is 2. The molecule has 21 heavy (non-hydrogen) atoms. The molecule has 0 aromatic heterocycles. The molecule has 0 radical (unpaired) electrons. The van der Waals surface area contributed by atoms with E-state index in [0.29, 0.717) is 17.4 Å². The maximum Gasteiger partial charge on any atom is 0.0487 e. The summed E-state index contributed by atoms with van der Waals surface area (Å²) in [7, 11) is 0. The van der Waals surface area contributed by atoms with E-state index in [4.69, 9.17) is 0 Å². The summed E-state index contributed by atoms with van der Waals surface area (Å²) in [5.41, 5.74) is 2.64. The molecular formula is C20H34O. The van der Waals surface area contributed by atoms with Gasteiger partial charge < -0.3 is 5.11 Å². The van der Waals surface area contributed by atoms with Gasteiger partial charge in [-0.1, -0.05) is 39.3 Å². The fourth-order valence-corrected chi connectivity index (χ4v) is 6.94. The monoisotopic (exact) mass is 290 g/mol. The normalized spacial score (nSPS) is 50.4. The second-order valence-corrected chi connectivity index (χ2v) is 9.00. The summed E-state index contributed by atoms with van der Waals surface area (Å²) in [6.45, 7) is 12.0. The van der Waals surface area contributed by atoms with Crippen molar-refractivity contribution in [2.24, 2.45) is 28.1 Å². The number of fused-ring (bicyclic) bond motifs is 3. The molecule has 1 nitrogen and oxygen atoms in total. The molecule has 3 fully saturated rings. The molecule has 0 amide bonds. The molecular weight excluding hydrogens is 256 g/mol. The maximum atomic E-state index is 10.0. The summed E-state index contributed by atoms with van der Waals surface area (Å²) in [4.78, 5) is 0. The van der Waals surface area contributed by atoms with Gasteiger partial charge in [0.2, 0.25) is 0 Å². The Morgan fingerprint density at radius 3 is 2.57 bits per heavy atom. The first-order valence-corrected chi connectivity index (χ1v) is 9.18. The predicted molar refractivity (Wildman–Crippen MR) is 89.1 cm³/mol. The first-order chi connectivity index (χ1) is 9.90. The Hall–Kier alpha value is -0.300. The number of aliphatic hydroxyl groups is 1. The third kappa shape index (κ3) is 2.14. The van der Waals surface area contributed by atoms with Gasteiger partial charge in [0.05, 0.1) is 0 Å². The van der Waals surface area contributed by atoms with Crippen molar-refractivity contribution in [1.29, 1.82) is 0 Å². The van der Waals surface area contributed by atoms with Gasteiger partial charge in [0.1, 0.15) is 0 Å².